The Bertz CT molecular complexity index is 441. The number of rotatable bonds is 4. The molecule has 3 N–H and O–H groups in total. The molecule has 18 heavy (non-hydrogen) atoms. The van der Waals surface area contributed by atoms with E-state index in [4.69, 9.17) is 10.5 Å². The lowest BCUT2D eigenvalue weighted by Gasteiger charge is -2.37. The fourth-order valence-corrected chi connectivity index (χ4v) is 2.12. The Morgan fingerprint density at radius 1 is 1.50 bits per heavy atom. The maximum Gasteiger partial charge on any atom is 0.240 e. The monoisotopic (exact) mass is 248 g/mol. The van der Waals surface area contributed by atoms with Gasteiger partial charge in [-0.15, -0.1) is 0 Å². The summed E-state index contributed by atoms with van der Waals surface area (Å²) in [7, 11) is 1.63. The first-order chi connectivity index (χ1) is 8.55. The summed E-state index contributed by atoms with van der Waals surface area (Å²) in [6.45, 7) is 1.95. The lowest BCUT2D eigenvalue weighted by Crippen LogP contribution is -2.58. The van der Waals surface area contributed by atoms with Gasteiger partial charge in [-0.1, -0.05) is 12.1 Å². The maximum atomic E-state index is 12.0. The summed E-state index contributed by atoms with van der Waals surface area (Å²) in [5.74, 6) is 0.740. The first-order valence-electron chi connectivity index (χ1n) is 6.29. The van der Waals surface area contributed by atoms with Crippen molar-refractivity contribution < 1.29 is 9.53 Å². The zero-order valence-corrected chi connectivity index (χ0v) is 10.9. The molecule has 4 nitrogen and oxygen atoms in total. The summed E-state index contributed by atoms with van der Waals surface area (Å²) in [6.07, 6.45) is 2.60. The van der Waals surface area contributed by atoms with Crippen LogP contribution in [0.25, 0.3) is 0 Å². The summed E-state index contributed by atoms with van der Waals surface area (Å²) < 4.78 is 5.17. The van der Waals surface area contributed by atoms with Crippen LogP contribution >= 0.6 is 0 Å². The number of benzene rings is 1. The van der Waals surface area contributed by atoms with E-state index in [1.807, 2.05) is 31.2 Å². The molecule has 1 aliphatic rings. The highest BCUT2D eigenvalue weighted by Crippen LogP contribution is 2.30. The molecule has 4 heteroatoms. The van der Waals surface area contributed by atoms with Crippen LogP contribution in [-0.2, 0) is 4.79 Å². The first-order valence-corrected chi connectivity index (χ1v) is 6.29. The Hall–Kier alpha value is -1.55. The number of carbonyl (C=O) groups is 1. The molecule has 0 saturated heterocycles. The van der Waals surface area contributed by atoms with Crippen LogP contribution < -0.4 is 15.8 Å². The van der Waals surface area contributed by atoms with Crippen LogP contribution in [0, 0.1) is 0 Å². The van der Waals surface area contributed by atoms with E-state index in [0.717, 1.165) is 30.6 Å². The van der Waals surface area contributed by atoms with E-state index in [1.165, 1.54) is 0 Å². The molecule has 0 spiro atoms. The predicted octanol–water partition coefficient (Wildman–Crippen LogP) is 1.75. The minimum atomic E-state index is -0.646. The molecule has 98 valence electrons. The molecule has 0 bridgehead atoms. The number of ether oxygens (including phenoxy) is 1. The topological polar surface area (TPSA) is 64.3 Å². The number of methoxy groups -OCH3 is 1. The number of amides is 1. The molecular formula is C14H20N2O2. The molecule has 1 fully saturated rings. The lowest BCUT2D eigenvalue weighted by atomic mass is 9.77. The minimum Gasteiger partial charge on any atom is -0.497 e. The van der Waals surface area contributed by atoms with Gasteiger partial charge in [-0.05, 0) is 43.9 Å². The van der Waals surface area contributed by atoms with E-state index in [1.54, 1.807) is 7.11 Å². The van der Waals surface area contributed by atoms with Crippen molar-refractivity contribution >= 4 is 5.91 Å². The molecular weight excluding hydrogens is 228 g/mol. The van der Waals surface area contributed by atoms with Crippen molar-refractivity contribution in [1.82, 2.24) is 5.32 Å². The summed E-state index contributed by atoms with van der Waals surface area (Å²) in [5, 5.41) is 2.97. The molecule has 0 radical (unpaired) electrons. The predicted molar refractivity (Wildman–Crippen MR) is 70.3 cm³/mol. The van der Waals surface area contributed by atoms with Crippen molar-refractivity contribution in [3.8, 4) is 5.75 Å². The second kappa shape index (κ2) is 4.98. The fourth-order valence-electron chi connectivity index (χ4n) is 2.12. The van der Waals surface area contributed by atoms with E-state index in [-0.39, 0.29) is 11.9 Å². The van der Waals surface area contributed by atoms with Gasteiger partial charge in [-0.2, -0.15) is 0 Å². The molecule has 0 aromatic heterocycles. The number of nitrogens with two attached hydrogens (primary N) is 1. The number of nitrogens with one attached hydrogen (secondary N) is 1. The van der Waals surface area contributed by atoms with Gasteiger partial charge in [0.2, 0.25) is 5.91 Å². The van der Waals surface area contributed by atoms with Gasteiger partial charge in [-0.25, -0.2) is 0 Å². The summed E-state index contributed by atoms with van der Waals surface area (Å²) in [6, 6.07) is 7.63. The van der Waals surface area contributed by atoms with Crippen molar-refractivity contribution in [2.24, 2.45) is 5.73 Å². The molecule has 1 unspecified atom stereocenters. The molecule has 1 aromatic rings. The van der Waals surface area contributed by atoms with Gasteiger partial charge in [0.15, 0.2) is 0 Å². The standard InChI is InChI=1S/C14H20N2O2/c1-10(11-5-3-6-12(9-11)18-2)16-13(17)14(15)7-4-8-14/h3,5-6,9-10H,4,7-8,15H2,1-2H3,(H,16,17). The third-order valence-electron chi connectivity index (χ3n) is 3.64. The molecule has 0 heterocycles. The smallest absolute Gasteiger partial charge is 0.240 e. The largest absolute Gasteiger partial charge is 0.497 e. The highest BCUT2D eigenvalue weighted by molar-refractivity contribution is 5.87. The van der Waals surface area contributed by atoms with Crippen molar-refractivity contribution in [1.29, 1.82) is 0 Å². The van der Waals surface area contributed by atoms with E-state index < -0.39 is 5.54 Å². The van der Waals surface area contributed by atoms with E-state index in [2.05, 4.69) is 5.32 Å². The summed E-state index contributed by atoms with van der Waals surface area (Å²) in [4.78, 5) is 12.0. The summed E-state index contributed by atoms with van der Waals surface area (Å²) >= 11 is 0. The Balaban J connectivity index is 2.02. The van der Waals surface area contributed by atoms with Crippen molar-refractivity contribution in [2.75, 3.05) is 7.11 Å². The van der Waals surface area contributed by atoms with Crippen LogP contribution in [0.4, 0.5) is 0 Å². The highest BCUT2D eigenvalue weighted by atomic mass is 16.5. The molecule has 1 saturated carbocycles. The van der Waals surface area contributed by atoms with Gasteiger partial charge in [0.05, 0.1) is 18.7 Å². The average molecular weight is 248 g/mol. The van der Waals surface area contributed by atoms with Crippen molar-refractivity contribution in [3.05, 3.63) is 29.8 Å². The molecule has 2 rings (SSSR count). The third kappa shape index (κ3) is 2.48. The number of carbonyl (C=O) groups excluding carboxylic acids is 1. The Labute approximate surface area is 108 Å². The van der Waals surface area contributed by atoms with Crippen LogP contribution in [0.1, 0.15) is 37.8 Å². The zero-order chi connectivity index (χ0) is 13.2. The highest BCUT2D eigenvalue weighted by Gasteiger charge is 2.40. The van der Waals surface area contributed by atoms with Crippen LogP contribution in [0.15, 0.2) is 24.3 Å². The van der Waals surface area contributed by atoms with Gasteiger partial charge < -0.3 is 15.8 Å². The molecule has 1 amide bonds. The van der Waals surface area contributed by atoms with Crippen LogP contribution in [-0.4, -0.2) is 18.6 Å². The van der Waals surface area contributed by atoms with E-state index >= 15 is 0 Å². The van der Waals surface area contributed by atoms with Crippen LogP contribution in [0.3, 0.4) is 0 Å². The number of hydrogen-bond donors (Lipinski definition) is 2. The van der Waals surface area contributed by atoms with Crippen LogP contribution in [0.5, 0.6) is 5.75 Å². The van der Waals surface area contributed by atoms with Gasteiger partial charge >= 0.3 is 0 Å². The van der Waals surface area contributed by atoms with E-state index in [0.29, 0.717) is 0 Å². The Morgan fingerprint density at radius 3 is 2.78 bits per heavy atom. The molecule has 1 aromatic carbocycles. The maximum absolute atomic E-state index is 12.0. The van der Waals surface area contributed by atoms with Crippen molar-refractivity contribution in [2.45, 2.75) is 37.8 Å². The molecule has 1 atom stereocenters. The van der Waals surface area contributed by atoms with Gasteiger partial charge in [-0.3, -0.25) is 4.79 Å². The Morgan fingerprint density at radius 2 is 2.22 bits per heavy atom. The minimum absolute atomic E-state index is 0.0518. The average Bonchev–Trinajstić information content (AvgIpc) is 2.35. The second-order valence-electron chi connectivity index (χ2n) is 4.98. The normalized spacial score (nSPS) is 18.6. The summed E-state index contributed by atoms with van der Waals surface area (Å²) in [5.41, 5.74) is 6.37. The SMILES string of the molecule is COc1cccc(C(C)NC(=O)C2(N)CCC2)c1. The molecule has 1 aliphatic carbocycles. The Kier molecular flexibility index (Phi) is 3.57. The third-order valence-corrected chi connectivity index (χ3v) is 3.64. The van der Waals surface area contributed by atoms with Gasteiger partial charge in [0, 0.05) is 0 Å². The van der Waals surface area contributed by atoms with Gasteiger partial charge in [0.1, 0.15) is 5.75 Å². The number of hydrogen-bond acceptors (Lipinski definition) is 3. The zero-order valence-electron chi connectivity index (χ0n) is 10.9. The van der Waals surface area contributed by atoms with Gasteiger partial charge in [0.25, 0.3) is 0 Å². The second-order valence-corrected chi connectivity index (χ2v) is 4.98. The quantitative estimate of drug-likeness (QED) is 0.853. The molecule has 0 aliphatic heterocycles. The van der Waals surface area contributed by atoms with E-state index in [9.17, 15) is 4.79 Å². The van der Waals surface area contributed by atoms with Crippen molar-refractivity contribution in [3.63, 3.8) is 0 Å². The first kappa shape index (κ1) is 12.9. The lowest BCUT2D eigenvalue weighted by molar-refractivity contribution is -0.129. The fraction of sp³-hybridized carbons (Fsp3) is 0.500. The van der Waals surface area contributed by atoms with Crippen LogP contribution in [0.2, 0.25) is 0 Å².